The minimum absolute atomic E-state index is 0.891. The second-order valence-corrected chi connectivity index (χ2v) is 2.37. The van der Waals surface area contributed by atoms with E-state index in [2.05, 4.69) is 20.8 Å². The summed E-state index contributed by atoms with van der Waals surface area (Å²) in [6, 6.07) is 0. The summed E-state index contributed by atoms with van der Waals surface area (Å²) < 4.78 is 0. The number of hydrogen-bond acceptors (Lipinski definition) is 3. The third-order valence-corrected chi connectivity index (χ3v) is 1.64. The van der Waals surface area contributed by atoms with Crippen molar-refractivity contribution < 1.29 is 0 Å². The van der Waals surface area contributed by atoms with E-state index in [0.29, 0.717) is 0 Å². The maximum absolute atomic E-state index is 3.92. The van der Waals surface area contributed by atoms with Crippen LogP contribution in [0.4, 0.5) is 5.69 Å². The quantitative estimate of drug-likeness (QED) is 0.470. The van der Waals surface area contributed by atoms with Crippen molar-refractivity contribution in [2.24, 2.45) is 0 Å². The van der Waals surface area contributed by atoms with Crippen LogP contribution in [0.25, 0.3) is 0 Å². The molecule has 0 radical (unpaired) electrons. The molecule has 1 aliphatic rings. The lowest BCUT2D eigenvalue weighted by Crippen LogP contribution is -2.17. The van der Waals surface area contributed by atoms with Crippen molar-refractivity contribution in [3.63, 3.8) is 0 Å². The van der Waals surface area contributed by atoms with Crippen LogP contribution < -0.4 is 10.6 Å². The van der Waals surface area contributed by atoms with Gasteiger partial charge in [-0.1, -0.05) is 0 Å². The van der Waals surface area contributed by atoms with Gasteiger partial charge in [0.15, 0.2) is 0 Å². The molecule has 10 heavy (non-hydrogen) atoms. The Morgan fingerprint density at radius 1 is 1.40 bits per heavy atom. The Morgan fingerprint density at radius 2 is 2.40 bits per heavy atom. The molecule has 1 aromatic rings. The molecule has 4 nitrogen and oxygen atoms in total. The second-order valence-electron chi connectivity index (χ2n) is 2.37. The van der Waals surface area contributed by atoms with Crippen LogP contribution >= 0.6 is 0 Å². The molecule has 0 spiro atoms. The van der Waals surface area contributed by atoms with E-state index < -0.39 is 0 Å². The van der Waals surface area contributed by atoms with Gasteiger partial charge < -0.3 is 10.6 Å². The average molecular weight is 138 g/mol. The monoisotopic (exact) mass is 138 g/mol. The fourth-order valence-corrected chi connectivity index (χ4v) is 1.10. The summed E-state index contributed by atoms with van der Waals surface area (Å²) in [5.74, 6) is 0. The normalized spacial score (nSPS) is 17.2. The molecule has 2 heterocycles. The molecule has 0 bridgehead atoms. The van der Waals surface area contributed by atoms with Crippen molar-refractivity contribution >= 4 is 5.69 Å². The lowest BCUT2D eigenvalue weighted by Gasteiger charge is -1.96. The molecule has 0 saturated heterocycles. The molecule has 2 rings (SSSR count). The summed E-state index contributed by atoms with van der Waals surface area (Å²) in [5, 5.41) is 13.3. The minimum Gasteiger partial charge on any atom is -0.381 e. The van der Waals surface area contributed by atoms with Gasteiger partial charge in [-0.15, -0.1) is 0 Å². The maximum atomic E-state index is 3.92. The molecule has 1 aromatic heterocycles. The zero-order chi connectivity index (χ0) is 6.81. The van der Waals surface area contributed by atoms with Crippen LogP contribution in [0.5, 0.6) is 0 Å². The van der Waals surface area contributed by atoms with Crippen molar-refractivity contribution in [2.75, 3.05) is 18.4 Å². The van der Waals surface area contributed by atoms with Crippen molar-refractivity contribution in [3.05, 3.63) is 11.9 Å². The van der Waals surface area contributed by atoms with E-state index in [4.69, 9.17) is 0 Å². The van der Waals surface area contributed by atoms with Gasteiger partial charge in [-0.25, -0.2) is 0 Å². The van der Waals surface area contributed by atoms with Gasteiger partial charge in [-0.2, -0.15) is 5.10 Å². The zero-order valence-corrected chi connectivity index (χ0v) is 5.65. The van der Waals surface area contributed by atoms with Gasteiger partial charge >= 0.3 is 0 Å². The molecule has 0 fully saturated rings. The number of H-pyrrole nitrogens is 1. The summed E-state index contributed by atoms with van der Waals surface area (Å²) in [7, 11) is 0. The summed E-state index contributed by atoms with van der Waals surface area (Å²) >= 11 is 0. The second kappa shape index (κ2) is 2.30. The minimum atomic E-state index is 0.891. The highest BCUT2D eigenvalue weighted by Gasteiger charge is 2.06. The molecule has 54 valence electrons. The summed E-state index contributed by atoms with van der Waals surface area (Å²) in [6.07, 6.45) is 1.82. The van der Waals surface area contributed by atoms with Gasteiger partial charge in [-0.05, 0) is 0 Å². The third-order valence-electron chi connectivity index (χ3n) is 1.64. The van der Waals surface area contributed by atoms with Gasteiger partial charge in [0, 0.05) is 19.6 Å². The number of aromatic amines is 1. The molecule has 0 amide bonds. The average Bonchev–Trinajstić information content (AvgIpc) is 2.28. The summed E-state index contributed by atoms with van der Waals surface area (Å²) in [4.78, 5) is 0. The first kappa shape index (κ1) is 5.73. The summed E-state index contributed by atoms with van der Waals surface area (Å²) in [6.45, 7) is 2.89. The predicted octanol–water partition coefficient (Wildman–Crippen LogP) is -0.0752. The van der Waals surface area contributed by atoms with Crippen LogP contribution in [0.3, 0.4) is 0 Å². The Kier molecular flexibility index (Phi) is 1.32. The fourth-order valence-electron chi connectivity index (χ4n) is 1.10. The number of aromatic nitrogens is 2. The van der Waals surface area contributed by atoms with E-state index >= 15 is 0 Å². The first-order valence-electron chi connectivity index (χ1n) is 3.43. The predicted molar refractivity (Wildman–Crippen MR) is 38.8 cm³/mol. The van der Waals surface area contributed by atoms with Crippen molar-refractivity contribution in [1.29, 1.82) is 0 Å². The van der Waals surface area contributed by atoms with Crippen LogP contribution in [-0.4, -0.2) is 23.3 Å². The molecule has 0 atom stereocenters. The lowest BCUT2D eigenvalue weighted by molar-refractivity contribution is 0.707. The number of nitrogens with zero attached hydrogens (tertiary/aromatic N) is 1. The molecular weight excluding hydrogens is 128 g/mol. The molecule has 0 unspecified atom stereocenters. The van der Waals surface area contributed by atoms with Gasteiger partial charge in [0.25, 0.3) is 0 Å². The van der Waals surface area contributed by atoms with Crippen molar-refractivity contribution in [2.45, 2.75) is 6.54 Å². The number of anilines is 1. The van der Waals surface area contributed by atoms with Crippen LogP contribution in [0.1, 0.15) is 5.69 Å². The van der Waals surface area contributed by atoms with Crippen molar-refractivity contribution in [3.8, 4) is 0 Å². The molecular formula is C6H10N4. The molecule has 0 saturated carbocycles. The van der Waals surface area contributed by atoms with E-state index in [1.54, 1.807) is 0 Å². The third kappa shape index (κ3) is 0.863. The van der Waals surface area contributed by atoms with Gasteiger partial charge in [0.1, 0.15) is 0 Å². The lowest BCUT2D eigenvalue weighted by atomic mass is 10.4. The van der Waals surface area contributed by atoms with Crippen LogP contribution in [0.15, 0.2) is 6.20 Å². The molecule has 0 aliphatic carbocycles. The SMILES string of the molecule is c1n[nH]c2c1NCCNC2. The Hall–Kier alpha value is -1.03. The maximum Gasteiger partial charge on any atom is 0.0770 e. The Balaban J connectivity index is 2.28. The van der Waals surface area contributed by atoms with Crippen LogP contribution in [0.2, 0.25) is 0 Å². The van der Waals surface area contributed by atoms with E-state index in [1.165, 1.54) is 0 Å². The van der Waals surface area contributed by atoms with Gasteiger partial charge in [0.05, 0.1) is 17.6 Å². The molecule has 4 heteroatoms. The van der Waals surface area contributed by atoms with E-state index in [1.807, 2.05) is 6.20 Å². The largest absolute Gasteiger partial charge is 0.381 e. The van der Waals surface area contributed by atoms with Gasteiger partial charge in [-0.3, -0.25) is 5.10 Å². The van der Waals surface area contributed by atoms with Crippen LogP contribution in [-0.2, 0) is 6.54 Å². The molecule has 0 aromatic carbocycles. The number of nitrogens with one attached hydrogen (secondary N) is 3. The number of fused-ring (bicyclic) bond motifs is 1. The highest BCUT2D eigenvalue weighted by atomic mass is 15.2. The first-order valence-corrected chi connectivity index (χ1v) is 3.43. The Morgan fingerprint density at radius 3 is 3.40 bits per heavy atom. The standard InChI is InChI=1S/C6H10N4/c1-2-8-5-4-9-10-6(5)3-7-1/h4,7-8H,1-3H2,(H,9,10). The smallest absolute Gasteiger partial charge is 0.0770 e. The first-order chi connectivity index (χ1) is 4.97. The molecule has 1 aliphatic heterocycles. The number of hydrogen-bond donors (Lipinski definition) is 3. The van der Waals surface area contributed by atoms with Crippen LogP contribution in [0, 0.1) is 0 Å². The Bertz CT molecular complexity index is 197. The topological polar surface area (TPSA) is 52.7 Å². The molecule has 3 N–H and O–H groups in total. The highest BCUT2D eigenvalue weighted by Crippen LogP contribution is 2.11. The summed E-state index contributed by atoms with van der Waals surface area (Å²) in [5.41, 5.74) is 2.28. The Labute approximate surface area is 59.0 Å². The van der Waals surface area contributed by atoms with E-state index in [-0.39, 0.29) is 0 Å². The fraction of sp³-hybridized carbons (Fsp3) is 0.500. The van der Waals surface area contributed by atoms with Gasteiger partial charge in [0.2, 0.25) is 0 Å². The van der Waals surface area contributed by atoms with E-state index in [0.717, 1.165) is 31.0 Å². The zero-order valence-electron chi connectivity index (χ0n) is 5.65. The van der Waals surface area contributed by atoms with E-state index in [9.17, 15) is 0 Å². The number of rotatable bonds is 0. The highest BCUT2D eigenvalue weighted by molar-refractivity contribution is 5.46. The van der Waals surface area contributed by atoms with Crippen molar-refractivity contribution in [1.82, 2.24) is 15.5 Å².